The molecular weight excluding hydrogens is 378 g/mol. The summed E-state index contributed by atoms with van der Waals surface area (Å²) in [5, 5.41) is 3.33. The van der Waals surface area contributed by atoms with Crippen LogP contribution in [0.5, 0.6) is 5.75 Å². The summed E-state index contributed by atoms with van der Waals surface area (Å²) in [5.41, 5.74) is 1.14. The molecule has 1 aromatic carbocycles. The Labute approximate surface area is 130 Å². The molecule has 19 heavy (non-hydrogen) atoms. The van der Waals surface area contributed by atoms with Crippen LogP contribution in [0.25, 0.3) is 0 Å². The largest absolute Gasteiger partial charge is 0.480 e. The predicted octanol–water partition coefficient (Wildman–Crippen LogP) is 3.26. The maximum atomic E-state index is 11.1. The third kappa shape index (κ3) is 5.50. The van der Waals surface area contributed by atoms with Crippen LogP contribution in [0.1, 0.15) is 18.9 Å². The Bertz CT molecular complexity index is 415. The summed E-state index contributed by atoms with van der Waals surface area (Å²) in [4.78, 5) is 11.1. The minimum absolute atomic E-state index is 0.110. The lowest BCUT2D eigenvalue weighted by molar-refractivity contribution is -0.142. The molecule has 0 spiro atoms. The van der Waals surface area contributed by atoms with E-state index >= 15 is 0 Å². The first kappa shape index (κ1) is 16.5. The molecule has 0 aromatic heterocycles. The third-order valence-corrected chi connectivity index (χ3v) is 3.55. The summed E-state index contributed by atoms with van der Waals surface area (Å²) in [5.74, 6) is 0.192. The van der Waals surface area contributed by atoms with E-state index in [9.17, 15) is 4.79 Å². The van der Waals surface area contributed by atoms with Crippen LogP contribution in [0.3, 0.4) is 0 Å². The van der Waals surface area contributed by atoms with Crippen molar-refractivity contribution in [2.45, 2.75) is 19.9 Å². The maximum absolute atomic E-state index is 11.1. The third-order valence-electron chi connectivity index (χ3n) is 2.38. The van der Waals surface area contributed by atoms with Crippen LogP contribution in [-0.2, 0) is 16.1 Å². The molecule has 0 atom stereocenters. The lowest BCUT2D eigenvalue weighted by atomic mass is 10.2. The average molecular weight is 395 g/mol. The van der Waals surface area contributed by atoms with Crippen molar-refractivity contribution in [2.75, 3.05) is 20.3 Å². The molecule has 0 heterocycles. The van der Waals surface area contributed by atoms with Crippen LogP contribution in [0, 0.1) is 0 Å². The van der Waals surface area contributed by atoms with Crippen LogP contribution in [0.15, 0.2) is 21.1 Å². The van der Waals surface area contributed by atoms with Crippen molar-refractivity contribution >= 4 is 37.8 Å². The highest BCUT2D eigenvalue weighted by Gasteiger charge is 2.11. The highest BCUT2D eigenvalue weighted by molar-refractivity contribution is 9.11. The van der Waals surface area contributed by atoms with Gasteiger partial charge in [0.25, 0.3) is 0 Å². The van der Waals surface area contributed by atoms with E-state index in [1.807, 2.05) is 12.1 Å². The van der Waals surface area contributed by atoms with Gasteiger partial charge in [-0.2, -0.15) is 0 Å². The fourth-order valence-corrected chi connectivity index (χ4v) is 2.96. The highest BCUT2D eigenvalue weighted by Crippen LogP contribution is 2.34. The highest BCUT2D eigenvalue weighted by atomic mass is 79.9. The lowest BCUT2D eigenvalue weighted by Gasteiger charge is -2.12. The second kappa shape index (κ2) is 8.55. The van der Waals surface area contributed by atoms with Crippen LogP contribution in [-0.4, -0.2) is 26.2 Å². The van der Waals surface area contributed by atoms with E-state index in [1.54, 1.807) is 0 Å². The molecule has 0 unspecified atom stereocenters. The Hall–Kier alpha value is -0.590. The zero-order chi connectivity index (χ0) is 14.3. The SMILES string of the molecule is CCCNCc1cc(Br)c(OCC(=O)OC)c(Br)c1. The van der Waals surface area contributed by atoms with Gasteiger partial charge < -0.3 is 14.8 Å². The average Bonchev–Trinajstić information content (AvgIpc) is 2.37. The zero-order valence-electron chi connectivity index (χ0n) is 11.0. The van der Waals surface area contributed by atoms with Gasteiger partial charge in [-0.15, -0.1) is 0 Å². The first-order valence-corrected chi connectivity index (χ1v) is 7.55. The lowest BCUT2D eigenvalue weighted by Crippen LogP contribution is -2.15. The Morgan fingerprint density at radius 3 is 2.47 bits per heavy atom. The molecule has 0 aliphatic heterocycles. The maximum Gasteiger partial charge on any atom is 0.343 e. The fraction of sp³-hybridized carbons (Fsp3) is 0.462. The number of hydrogen-bond donors (Lipinski definition) is 1. The van der Waals surface area contributed by atoms with Gasteiger partial charge in [-0.1, -0.05) is 6.92 Å². The topological polar surface area (TPSA) is 47.6 Å². The normalized spacial score (nSPS) is 10.3. The Balaban J connectivity index is 2.71. The van der Waals surface area contributed by atoms with Gasteiger partial charge in [-0.25, -0.2) is 4.79 Å². The number of nitrogens with one attached hydrogen (secondary N) is 1. The second-order valence-electron chi connectivity index (χ2n) is 3.93. The molecule has 0 amide bonds. The van der Waals surface area contributed by atoms with Crippen molar-refractivity contribution in [1.29, 1.82) is 0 Å². The second-order valence-corrected chi connectivity index (χ2v) is 5.64. The number of esters is 1. The molecule has 0 aliphatic carbocycles. The number of hydrogen-bond acceptors (Lipinski definition) is 4. The molecule has 0 fully saturated rings. The Morgan fingerprint density at radius 2 is 1.95 bits per heavy atom. The van der Waals surface area contributed by atoms with E-state index in [2.05, 4.69) is 48.8 Å². The van der Waals surface area contributed by atoms with Crippen LogP contribution in [0.2, 0.25) is 0 Å². The monoisotopic (exact) mass is 393 g/mol. The summed E-state index contributed by atoms with van der Waals surface area (Å²) in [6, 6.07) is 3.94. The molecule has 0 aliphatic rings. The van der Waals surface area contributed by atoms with Gasteiger partial charge >= 0.3 is 5.97 Å². The summed E-state index contributed by atoms with van der Waals surface area (Å²) < 4.78 is 11.6. The van der Waals surface area contributed by atoms with Gasteiger partial charge in [0.2, 0.25) is 0 Å². The molecule has 6 heteroatoms. The van der Waals surface area contributed by atoms with E-state index in [1.165, 1.54) is 7.11 Å². The number of ether oxygens (including phenoxy) is 2. The number of methoxy groups -OCH3 is 1. The Morgan fingerprint density at radius 1 is 1.32 bits per heavy atom. The van der Waals surface area contributed by atoms with Crippen molar-refractivity contribution in [2.24, 2.45) is 0 Å². The van der Waals surface area contributed by atoms with Crippen LogP contribution < -0.4 is 10.1 Å². The molecule has 0 radical (unpaired) electrons. The molecule has 1 rings (SSSR count). The molecule has 4 nitrogen and oxygen atoms in total. The Kier molecular flexibility index (Phi) is 7.41. The first-order valence-electron chi connectivity index (χ1n) is 5.96. The van der Waals surface area contributed by atoms with Crippen molar-refractivity contribution in [1.82, 2.24) is 5.32 Å². The fourth-order valence-electron chi connectivity index (χ4n) is 1.45. The smallest absolute Gasteiger partial charge is 0.343 e. The van der Waals surface area contributed by atoms with Crippen molar-refractivity contribution in [3.05, 3.63) is 26.6 Å². The van der Waals surface area contributed by atoms with E-state index in [0.29, 0.717) is 5.75 Å². The number of halogens is 2. The molecule has 0 bridgehead atoms. The van der Waals surface area contributed by atoms with Crippen LogP contribution >= 0.6 is 31.9 Å². The van der Waals surface area contributed by atoms with E-state index < -0.39 is 5.97 Å². The molecule has 1 aromatic rings. The number of benzene rings is 1. The van der Waals surface area contributed by atoms with Gasteiger partial charge in [0.05, 0.1) is 16.1 Å². The standard InChI is InChI=1S/C13H17Br2NO3/c1-3-4-16-7-9-5-10(14)13(11(15)6-9)19-8-12(17)18-2/h5-6,16H,3-4,7-8H2,1-2H3. The molecular formula is C13H17Br2NO3. The molecule has 0 saturated carbocycles. The molecule has 106 valence electrons. The van der Waals surface area contributed by atoms with E-state index in [4.69, 9.17) is 4.74 Å². The van der Waals surface area contributed by atoms with Gasteiger partial charge in [0.1, 0.15) is 5.75 Å². The zero-order valence-corrected chi connectivity index (χ0v) is 14.1. The van der Waals surface area contributed by atoms with Gasteiger partial charge in [0, 0.05) is 6.54 Å². The summed E-state index contributed by atoms with van der Waals surface area (Å²) >= 11 is 6.89. The number of rotatable bonds is 7. The predicted molar refractivity (Wildman–Crippen MR) is 81.4 cm³/mol. The summed E-state index contributed by atoms with van der Waals surface area (Å²) in [6.45, 7) is 3.79. The quantitative estimate of drug-likeness (QED) is 0.569. The van der Waals surface area contributed by atoms with E-state index in [-0.39, 0.29) is 6.61 Å². The first-order chi connectivity index (χ1) is 9.08. The molecule has 0 saturated heterocycles. The van der Waals surface area contributed by atoms with Crippen LogP contribution in [0.4, 0.5) is 0 Å². The minimum Gasteiger partial charge on any atom is -0.480 e. The van der Waals surface area contributed by atoms with E-state index in [0.717, 1.165) is 34.0 Å². The van der Waals surface area contributed by atoms with Gasteiger partial charge in [-0.3, -0.25) is 0 Å². The van der Waals surface area contributed by atoms with Gasteiger partial charge in [-0.05, 0) is 62.5 Å². The van der Waals surface area contributed by atoms with Crippen molar-refractivity contribution < 1.29 is 14.3 Å². The number of carbonyl (C=O) groups excluding carboxylic acids is 1. The van der Waals surface area contributed by atoms with Gasteiger partial charge in [0.15, 0.2) is 6.61 Å². The summed E-state index contributed by atoms with van der Waals surface area (Å²) in [7, 11) is 1.33. The van der Waals surface area contributed by atoms with Crippen molar-refractivity contribution in [3.8, 4) is 5.75 Å². The summed E-state index contributed by atoms with van der Waals surface area (Å²) in [6.07, 6.45) is 1.10. The number of carbonyl (C=O) groups is 1. The molecule has 1 N–H and O–H groups in total. The minimum atomic E-state index is -0.410. The van der Waals surface area contributed by atoms with Crippen molar-refractivity contribution in [3.63, 3.8) is 0 Å².